The van der Waals surface area contributed by atoms with Crippen LogP contribution in [0.1, 0.15) is 46.5 Å². The van der Waals surface area contributed by atoms with Crippen LogP contribution in [0.5, 0.6) is 0 Å². The molecule has 0 saturated heterocycles. The predicted molar refractivity (Wildman–Crippen MR) is 59.4 cm³/mol. The van der Waals surface area contributed by atoms with Crippen LogP contribution in [-0.4, -0.2) is 12.3 Å². The molecule has 1 saturated carbocycles. The molecule has 1 aliphatic rings. The first-order valence-corrected chi connectivity index (χ1v) is 5.49. The van der Waals surface area contributed by atoms with Gasteiger partial charge in [-0.3, -0.25) is 4.99 Å². The highest BCUT2D eigenvalue weighted by atomic mass is 14.7. The Morgan fingerprint density at radius 1 is 1.46 bits per heavy atom. The number of hydrogen-bond acceptors (Lipinski definition) is 1. The minimum Gasteiger partial charge on any atom is -0.294 e. The molecule has 0 aromatic carbocycles. The molecule has 1 rings (SSSR count). The molecule has 0 radical (unpaired) electrons. The van der Waals surface area contributed by atoms with Gasteiger partial charge >= 0.3 is 0 Å². The van der Waals surface area contributed by atoms with E-state index in [1.54, 1.807) is 5.57 Å². The molecule has 1 heteroatoms. The fraction of sp³-hybridized carbons (Fsp3) is 0.750. The lowest BCUT2D eigenvalue weighted by Crippen LogP contribution is -1.95. The van der Waals surface area contributed by atoms with Gasteiger partial charge in [-0.15, -0.1) is 0 Å². The first kappa shape index (κ1) is 10.5. The zero-order valence-corrected chi connectivity index (χ0v) is 9.14. The second-order valence-electron chi connectivity index (χ2n) is 3.71. The third kappa shape index (κ3) is 3.33. The fourth-order valence-electron chi connectivity index (χ4n) is 1.72. The van der Waals surface area contributed by atoms with E-state index in [0.29, 0.717) is 0 Å². The topological polar surface area (TPSA) is 12.4 Å². The third-order valence-corrected chi connectivity index (χ3v) is 2.85. The van der Waals surface area contributed by atoms with Gasteiger partial charge in [0.2, 0.25) is 0 Å². The van der Waals surface area contributed by atoms with E-state index in [0.717, 1.165) is 25.3 Å². The van der Waals surface area contributed by atoms with Crippen molar-refractivity contribution in [3.63, 3.8) is 0 Å². The van der Waals surface area contributed by atoms with Gasteiger partial charge in [0, 0.05) is 12.3 Å². The Kier molecular flexibility index (Phi) is 4.20. The molecule has 1 fully saturated rings. The average Bonchev–Trinajstić information content (AvgIpc) is 2.91. The Labute approximate surface area is 82.0 Å². The van der Waals surface area contributed by atoms with Crippen LogP contribution in [0.2, 0.25) is 0 Å². The minimum atomic E-state index is 0.878. The van der Waals surface area contributed by atoms with E-state index in [1.807, 2.05) is 0 Å². The van der Waals surface area contributed by atoms with Crippen molar-refractivity contribution in [3.05, 3.63) is 11.6 Å². The number of allylic oxidation sites excluding steroid dienone is 2. The van der Waals surface area contributed by atoms with Crippen LogP contribution in [0.25, 0.3) is 0 Å². The van der Waals surface area contributed by atoms with Crippen LogP contribution in [0.4, 0.5) is 0 Å². The van der Waals surface area contributed by atoms with Crippen LogP contribution in [0.15, 0.2) is 16.6 Å². The van der Waals surface area contributed by atoms with Gasteiger partial charge in [0.25, 0.3) is 0 Å². The lowest BCUT2D eigenvalue weighted by Gasteiger charge is -1.98. The zero-order chi connectivity index (χ0) is 9.68. The van der Waals surface area contributed by atoms with Crippen molar-refractivity contribution >= 4 is 5.71 Å². The lowest BCUT2D eigenvalue weighted by molar-refractivity contribution is 0.757. The molecule has 1 unspecified atom stereocenters. The smallest absolute Gasteiger partial charge is 0.0394 e. The van der Waals surface area contributed by atoms with Crippen molar-refractivity contribution in [2.24, 2.45) is 10.9 Å². The van der Waals surface area contributed by atoms with Gasteiger partial charge in [-0.25, -0.2) is 0 Å². The van der Waals surface area contributed by atoms with Gasteiger partial charge in [-0.2, -0.15) is 0 Å². The van der Waals surface area contributed by atoms with E-state index >= 15 is 0 Å². The Morgan fingerprint density at radius 3 is 2.62 bits per heavy atom. The summed E-state index contributed by atoms with van der Waals surface area (Å²) < 4.78 is 0. The molecule has 0 spiro atoms. The van der Waals surface area contributed by atoms with Crippen molar-refractivity contribution in [2.45, 2.75) is 46.5 Å². The molecule has 1 aliphatic carbocycles. The molecule has 0 bridgehead atoms. The maximum Gasteiger partial charge on any atom is 0.0394 e. The van der Waals surface area contributed by atoms with Crippen LogP contribution >= 0.6 is 0 Å². The summed E-state index contributed by atoms with van der Waals surface area (Å²) in [4.78, 5) is 4.60. The van der Waals surface area contributed by atoms with Crippen molar-refractivity contribution in [3.8, 4) is 0 Å². The first-order chi connectivity index (χ1) is 6.31. The summed E-state index contributed by atoms with van der Waals surface area (Å²) in [7, 11) is 0. The fourth-order valence-corrected chi connectivity index (χ4v) is 1.72. The summed E-state index contributed by atoms with van der Waals surface area (Å²) in [5, 5.41) is 0. The van der Waals surface area contributed by atoms with Crippen LogP contribution in [0, 0.1) is 5.92 Å². The Morgan fingerprint density at radius 2 is 2.15 bits per heavy atom. The highest BCUT2D eigenvalue weighted by Crippen LogP contribution is 2.39. The van der Waals surface area contributed by atoms with Crippen LogP contribution < -0.4 is 0 Å². The van der Waals surface area contributed by atoms with E-state index < -0.39 is 0 Å². The van der Waals surface area contributed by atoms with Crippen molar-refractivity contribution in [1.29, 1.82) is 0 Å². The Balaban J connectivity index is 2.17. The van der Waals surface area contributed by atoms with E-state index in [-0.39, 0.29) is 0 Å². The SMILES string of the molecule is C/C=C1\CC1CCN=C(CC)CC. The minimum absolute atomic E-state index is 0.878. The Bertz CT molecular complexity index is 207. The molecule has 74 valence electrons. The van der Waals surface area contributed by atoms with Gasteiger partial charge in [-0.1, -0.05) is 25.5 Å². The largest absolute Gasteiger partial charge is 0.294 e. The maximum absolute atomic E-state index is 4.60. The molecule has 0 N–H and O–H groups in total. The summed E-state index contributed by atoms with van der Waals surface area (Å²) in [6, 6.07) is 0. The summed E-state index contributed by atoms with van der Waals surface area (Å²) >= 11 is 0. The summed E-state index contributed by atoms with van der Waals surface area (Å²) in [6.07, 6.45) is 7.10. The summed E-state index contributed by atoms with van der Waals surface area (Å²) in [5.41, 5.74) is 3.02. The molecule has 0 aliphatic heterocycles. The number of nitrogens with zero attached hydrogens (tertiary/aromatic N) is 1. The van der Waals surface area contributed by atoms with Crippen LogP contribution in [0.3, 0.4) is 0 Å². The van der Waals surface area contributed by atoms with Crippen molar-refractivity contribution in [1.82, 2.24) is 0 Å². The number of aliphatic imine (C=N–C) groups is 1. The van der Waals surface area contributed by atoms with Gasteiger partial charge in [-0.05, 0) is 38.5 Å². The maximum atomic E-state index is 4.60. The van der Waals surface area contributed by atoms with Crippen molar-refractivity contribution < 1.29 is 0 Å². The van der Waals surface area contributed by atoms with Gasteiger partial charge in [0.1, 0.15) is 0 Å². The lowest BCUT2D eigenvalue weighted by atomic mass is 10.2. The third-order valence-electron chi connectivity index (χ3n) is 2.85. The van der Waals surface area contributed by atoms with E-state index in [4.69, 9.17) is 0 Å². The molecule has 0 aromatic rings. The molecular formula is C12H21N. The predicted octanol–water partition coefficient (Wildman–Crippen LogP) is 3.60. The molecule has 0 amide bonds. The monoisotopic (exact) mass is 179 g/mol. The standard InChI is InChI=1S/C12H21N/c1-4-10-9-11(10)7-8-13-12(5-2)6-3/h4,11H,5-9H2,1-3H3/b10-4+. The second-order valence-corrected chi connectivity index (χ2v) is 3.71. The van der Waals surface area contributed by atoms with E-state index in [1.165, 1.54) is 18.6 Å². The summed E-state index contributed by atoms with van der Waals surface area (Å²) in [5.74, 6) is 0.878. The van der Waals surface area contributed by atoms with Gasteiger partial charge < -0.3 is 0 Å². The quantitative estimate of drug-likeness (QED) is 0.451. The normalized spacial score (nSPS) is 23.3. The van der Waals surface area contributed by atoms with Crippen molar-refractivity contribution in [2.75, 3.05) is 6.54 Å². The van der Waals surface area contributed by atoms with E-state index in [9.17, 15) is 0 Å². The number of hydrogen-bond donors (Lipinski definition) is 0. The van der Waals surface area contributed by atoms with Gasteiger partial charge in [0.15, 0.2) is 0 Å². The van der Waals surface area contributed by atoms with Gasteiger partial charge in [0.05, 0.1) is 0 Å². The molecule has 1 nitrogen and oxygen atoms in total. The highest BCUT2D eigenvalue weighted by molar-refractivity contribution is 5.83. The van der Waals surface area contributed by atoms with E-state index in [2.05, 4.69) is 31.8 Å². The average molecular weight is 179 g/mol. The first-order valence-electron chi connectivity index (χ1n) is 5.49. The summed E-state index contributed by atoms with van der Waals surface area (Å²) in [6.45, 7) is 7.56. The molecule has 0 heterocycles. The molecule has 1 atom stereocenters. The molecule has 13 heavy (non-hydrogen) atoms. The zero-order valence-electron chi connectivity index (χ0n) is 9.14. The highest BCUT2D eigenvalue weighted by Gasteiger charge is 2.27. The second kappa shape index (κ2) is 5.21. The number of rotatable bonds is 5. The Hall–Kier alpha value is -0.590. The molecule has 0 aromatic heterocycles. The van der Waals surface area contributed by atoms with Crippen LogP contribution in [-0.2, 0) is 0 Å². The molecular weight excluding hydrogens is 158 g/mol.